The second kappa shape index (κ2) is 6.71. The van der Waals surface area contributed by atoms with Crippen LogP contribution in [0, 0.1) is 9.39 Å². The molecule has 0 spiro atoms. The van der Waals surface area contributed by atoms with E-state index in [-0.39, 0.29) is 18.4 Å². The van der Waals surface area contributed by atoms with Crippen LogP contribution in [0.5, 0.6) is 5.75 Å². The molecule has 1 aromatic heterocycles. The lowest BCUT2D eigenvalue weighted by atomic mass is 10.2. The molecule has 0 fully saturated rings. The van der Waals surface area contributed by atoms with Crippen LogP contribution in [0.2, 0.25) is 5.02 Å². The first kappa shape index (κ1) is 16.0. The van der Waals surface area contributed by atoms with Gasteiger partial charge in [0.05, 0.1) is 8.59 Å². The summed E-state index contributed by atoms with van der Waals surface area (Å²) in [4.78, 5) is 0. The third kappa shape index (κ3) is 3.73. The predicted octanol–water partition coefficient (Wildman–Crippen LogP) is 4.29. The lowest BCUT2D eigenvalue weighted by Gasteiger charge is -2.10. The molecule has 2 aromatic carbocycles. The number of halogens is 3. The molecular formula is C15H10ClFIN3O2. The number of nitrogen functional groups attached to an aromatic ring is 1. The normalized spacial score (nSPS) is 10.7. The molecule has 0 saturated carbocycles. The smallest absolute Gasteiger partial charge is 0.313 e. The van der Waals surface area contributed by atoms with Crippen LogP contribution in [0.1, 0.15) is 5.56 Å². The molecule has 0 unspecified atom stereocenters. The molecule has 0 atom stereocenters. The van der Waals surface area contributed by atoms with Gasteiger partial charge in [-0.3, -0.25) is 0 Å². The maximum absolute atomic E-state index is 13.0. The summed E-state index contributed by atoms with van der Waals surface area (Å²) < 4.78 is 24.8. The van der Waals surface area contributed by atoms with Crippen molar-refractivity contribution in [3.8, 4) is 17.2 Å². The van der Waals surface area contributed by atoms with Crippen LogP contribution in [0.4, 0.5) is 10.4 Å². The summed E-state index contributed by atoms with van der Waals surface area (Å²) in [7, 11) is 0. The van der Waals surface area contributed by atoms with Gasteiger partial charge in [0.25, 0.3) is 0 Å². The second-order valence-corrected chi connectivity index (χ2v) is 6.18. The Morgan fingerprint density at radius 2 is 2.04 bits per heavy atom. The molecule has 1 heterocycles. The molecule has 0 aliphatic carbocycles. The number of nitrogens with two attached hydrogens (primary N) is 1. The first-order valence-electron chi connectivity index (χ1n) is 6.48. The molecule has 5 nitrogen and oxygen atoms in total. The highest BCUT2D eigenvalue weighted by atomic mass is 127. The molecule has 23 heavy (non-hydrogen) atoms. The van der Waals surface area contributed by atoms with Crippen molar-refractivity contribution in [1.29, 1.82) is 0 Å². The summed E-state index contributed by atoms with van der Waals surface area (Å²) >= 11 is 8.12. The molecule has 3 rings (SSSR count). The Bertz CT molecular complexity index is 856. The molecule has 0 bridgehead atoms. The van der Waals surface area contributed by atoms with Crippen LogP contribution < -0.4 is 10.5 Å². The summed E-state index contributed by atoms with van der Waals surface area (Å²) in [5.41, 5.74) is 6.86. The molecule has 0 aliphatic rings. The molecule has 118 valence electrons. The van der Waals surface area contributed by atoms with E-state index in [9.17, 15) is 4.39 Å². The zero-order chi connectivity index (χ0) is 16.4. The van der Waals surface area contributed by atoms with Crippen LogP contribution in [0.15, 0.2) is 40.8 Å². The minimum atomic E-state index is -0.378. The largest absolute Gasteiger partial charge is 0.488 e. The highest BCUT2D eigenvalue weighted by Gasteiger charge is 2.10. The third-order valence-electron chi connectivity index (χ3n) is 3.02. The van der Waals surface area contributed by atoms with E-state index in [1.54, 1.807) is 18.2 Å². The van der Waals surface area contributed by atoms with E-state index in [2.05, 4.69) is 32.8 Å². The van der Waals surface area contributed by atoms with Gasteiger partial charge in [-0.25, -0.2) is 4.39 Å². The van der Waals surface area contributed by atoms with E-state index in [4.69, 9.17) is 26.5 Å². The van der Waals surface area contributed by atoms with E-state index < -0.39 is 0 Å². The van der Waals surface area contributed by atoms with Gasteiger partial charge >= 0.3 is 6.01 Å². The van der Waals surface area contributed by atoms with Gasteiger partial charge in [0.15, 0.2) is 0 Å². The van der Waals surface area contributed by atoms with Crippen molar-refractivity contribution in [2.45, 2.75) is 6.61 Å². The summed E-state index contributed by atoms with van der Waals surface area (Å²) in [5, 5.41) is 7.78. The Morgan fingerprint density at radius 1 is 1.22 bits per heavy atom. The highest BCUT2D eigenvalue weighted by Crippen LogP contribution is 2.29. The number of ether oxygens (including phenoxy) is 1. The fourth-order valence-electron chi connectivity index (χ4n) is 1.90. The van der Waals surface area contributed by atoms with E-state index in [1.165, 1.54) is 12.1 Å². The summed E-state index contributed by atoms with van der Waals surface area (Å²) in [5.74, 6) is 0.632. The average molecular weight is 446 g/mol. The summed E-state index contributed by atoms with van der Waals surface area (Å²) in [6.45, 7) is 0.238. The average Bonchev–Trinajstić information content (AvgIpc) is 2.94. The van der Waals surface area contributed by atoms with Gasteiger partial charge in [-0.15, -0.1) is 5.10 Å². The van der Waals surface area contributed by atoms with Crippen LogP contribution in [0.25, 0.3) is 11.5 Å². The number of nitrogens with zero attached hydrogens (tertiary/aromatic N) is 2. The first-order chi connectivity index (χ1) is 11.0. The molecule has 0 amide bonds. The molecule has 2 N–H and O–H groups in total. The number of hydrogen-bond donors (Lipinski definition) is 1. The fourth-order valence-corrected chi connectivity index (χ4v) is 2.79. The van der Waals surface area contributed by atoms with Crippen LogP contribution in [-0.2, 0) is 6.61 Å². The van der Waals surface area contributed by atoms with Crippen LogP contribution >= 0.6 is 34.2 Å². The van der Waals surface area contributed by atoms with Crippen molar-refractivity contribution in [1.82, 2.24) is 10.2 Å². The van der Waals surface area contributed by atoms with Crippen LogP contribution in [-0.4, -0.2) is 10.2 Å². The zero-order valence-corrected chi connectivity index (χ0v) is 14.5. The standard InChI is InChI=1S/C15H10ClFIN3O2/c16-11-6-10(17)3-1-9(11)7-22-13-4-2-8(5-12(13)18)14-20-21-15(19)23-14/h1-6H,7H2,(H2,19,21). The molecule has 0 saturated heterocycles. The van der Waals surface area contributed by atoms with Crippen molar-refractivity contribution in [3.63, 3.8) is 0 Å². The van der Waals surface area contributed by atoms with Crippen LogP contribution in [0.3, 0.4) is 0 Å². The van der Waals surface area contributed by atoms with E-state index in [0.717, 1.165) is 9.13 Å². The Morgan fingerprint density at radius 3 is 2.70 bits per heavy atom. The van der Waals surface area contributed by atoms with Gasteiger partial charge in [0, 0.05) is 11.1 Å². The SMILES string of the molecule is Nc1nnc(-c2ccc(OCc3ccc(F)cc3Cl)c(I)c2)o1. The fraction of sp³-hybridized carbons (Fsp3) is 0.0667. The lowest BCUT2D eigenvalue weighted by Crippen LogP contribution is -1.98. The van der Waals surface area contributed by atoms with Gasteiger partial charge in [0.2, 0.25) is 5.89 Å². The minimum absolute atomic E-state index is 0.0151. The number of anilines is 1. The molecular weight excluding hydrogens is 436 g/mol. The van der Waals surface area contributed by atoms with Crippen molar-refractivity contribution >= 4 is 40.2 Å². The van der Waals surface area contributed by atoms with E-state index in [1.807, 2.05) is 6.07 Å². The van der Waals surface area contributed by atoms with Crippen molar-refractivity contribution in [2.24, 2.45) is 0 Å². The molecule has 0 radical (unpaired) electrons. The monoisotopic (exact) mass is 445 g/mol. The second-order valence-electron chi connectivity index (χ2n) is 4.62. The van der Waals surface area contributed by atoms with Gasteiger partial charge < -0.3 is 14.9 Å². The maximum Gasteiger partial charge on any atom is 0.313 e. The van der Waals surface area contributed by atoms with E-state index >= 15 is 0 Å². The maximum atomic E-state index is 13.0. The lowest BCUT2D eigenvalue weighted by molar-refractivity contribution is 0.304. The molecule has 0 aliphatic heterocycles. The number of hydrogen-bond acceptors (Lipinski definition) is 5. The zero-order valence-electron chi connectivity index (χ0n) is 11.6. The Kier molecular flexibility index (Phi) is 4.67. The molecule has 3 aromatic rings. The van der Waals surface area contributed by atoms with Gasteiger partial charge in [-0.2, -0.15) is 0 Å². The number of rotatable bonds is 4. The minimum Gasteiger partial charge on any atom is -0.488 e. The highest BCUT2D eigenvalue weighted by molar-refractivity contribution is 14.1. The van der Waals surface area contributed by atoms with Gasteiger partial charge in [-0.1, -0.05) is 22.8 Å². The quantitative estimate of drug-likeness (QED) is 0.606. The Hall–Kier alpha value is -1.87. The van der Waals surface area contributed by atoms with Gasteiger partial charge in [-0.05, 0) is 52.9 Å². The third-order valence-corrected chi connectivity index (χ3v) is 4.21. The van der Waals surface area contributed by atoms with Crippen molar-refractivity contribution in [2.75, 3.05) is 5.73 Å². The number of aromatic nitrogens is 2. The summed E-state index contributed by atoms with van der Waals surface area (Å²) in [6, 6.07) is 9.63. The van der Waals surface area contributed by atoms with E-state index in [0.29, 0.717) is 22.2 Å². The number of benzene rings is 2. The first-order valence-corrected chi connectivity index (χ1v) is 7.94. The van der Waals surface area contributed by atoms with Crippen molar-refractivity contribution in [3.05, 3.63) is 56.4 Å². The molecule has 8 heteroatoms. The van der Waals surface area contributed by atoms with Gasteiger partial charge in [0.1, 0.15) is 18.2 Å². The Labute approximate surface area is 149 Å². The van der Waals surface area contributed by atoms with Crippen molar-refractivity contribution < 1.29 is 13.5 Å². The topological polar surface area (TPSA) is 74.2 Å². The Balaban J connectivity index is 1.76. The predicted molar refractivity (Wildman–Crippen MR) is 92.6 cm³/mol. The summed E-state index contributed by atoms with van der Waals surface area (Å²) in [6.07, 6.45) is 0.